The zero-order valence-corrected chi connectivity index (χ0v) is 13.2. The number of carboxylic acids is 1. The van der Waals surface area contributed by atoms with Crippen molar-refractivity contribution in [2.24, 2.45) is 5.92 Å². The number of carboxylic acid groups (broad SMARTS) is 1. The largest absolute Gasteiger partial charge is 0.544 e. The van der Waals surface area contributed by atoms with Gasteiger partial charge >= 0.3 is 5.88 Å². The smallest absolute Gasteiger partial charge is 0.306 e. The fourth-order valence-electron chi connectivity index (χ4n) is 4.39. The van der Waals surface area contributed by atoms with Gasteiger partial charge in [0.05, 0.1) is 31.2 Å². The molecule has 1 unspecified atom stereocenters. The molecule has 0 aromatic heterocycles. The molecule has 1 aromatic rings. The quantitative estimate of drug-likeness (QED) is 0.840. The van der Waals surface area contributed by atoms with E-state index in [-0.39, 0.29) is 5.57 Å². The average molecular weight is 314 g/mol. The number of piperidine rings is 1. The van der Waals surface area contributed by atoms with E-state index in [0.29, 0.717) is 22.9 Å². The van der Waals surface area contributed by atoms with Crippen LogP contribution < -0.4 is 14.9 Å². The molecular formula is C18H22N2O3. The van der Waals surface area contributed by atoms with Gasteiger partial charge in [-0.2, -0.15) is 0 Å². The van der Waals surface area contributed by atoms with Crippen LogP contribution in [0.15, 0.2) is 30.1 Å². The Labute approximate surface area is 136 Å². The molecule has 0 saturated carbocycles. The van der Waals surface area contributed by atoms with Gasteiger partial charge in [-0.3, -0.25) is 0 Å². The third-order valence-electron chi connectivity index (χ3n) is 5.39. The van der Waals surface area contributed by atoms with Gasteiger partial charge in [0.2, 0.25) is 0 Å². The number of aliphatic carboxylic acids is 1. The third kappa shape index (κ3) is 2.26. The molecular weight excluding hydrogens is 292 g/mol. The molecule has 0 amide bonds. The van der Waals surface area contributed by atoms with Gasteiger partial charge in [-0.1, -0.05) is 12.1 Å². The second-order valence-electron chi connectivity index (χ2n) is 6.75. The fourth-order valence-corrected chi connectivity index (χ4v) is 4.39. The normalized spacial score (nSPS) is 27.3. The molecule has 0 spiro atoms. The third-order valence-corrected chi connectivity index (χ3v) is 5.39. The van der Waals surface area contributed by atoms with E-state index in [4.69, 9.17) is 4.74 Å². The molecule has 4 rings (SSSR count). The number of ether oxygens (including phenoxy) is 1. The maximum Gasteiger partial charge on any atom is 0.306 e. The predicted octanol–water partition coefficient (Wildman–Crippen LogP) is 0.846. The minimum atomic E-state index is -1.13. The molecule has 1 N–H and O–H groups in total. The number of para-hydroxylation sites is 1. The Morgan fingerprint density at radius 1 is 1.30 bits per heavy atom. The van der Waals surface area contributed by atoms with Gasteiger partial charge < -0.3 is 20.0 Å². The van der Waals surface area contributed by atoms with Crippen LogP contribution in [0.25, 0.3) is 5.57 Å². The van der Waals surface area contributed by atoms with Crippen LogP contribution in [0.5, 0.6) is 0 Å². The molecule has 3 aliphatic rings. The van der Waals surface area contributed by atoms with E-state index in [1.165, 1.54) is 0 Å². The first kappa shape index (κ1) is 14.7. The number of carbonyl (C=O) groups is 1. The number of hydrogen-bond donors (Lipinski definition) is 1. The Morgan fingerprint density at radius 3 is 2.87 bits per heavy atom. The van der Waals surface area contributed by atoms with Gasteiger partial charge in [-0.05, 0) is 32.0 Å². The van der Waals surface area contributed by atoms with Crippen molar-refractivity contribution in [2.75, 3.05) is 32.8 Å². The zero-order chi connectivity index (χ0) is 15.9. The lowest BCUT2D eigenvalue weighted by molar-refractivity contribution is -0.295. The first-order chi connectivity index (χ1) is 11.2. The van der Waals surface area contributed by atoms with Gasteiger partial charge in [-0.25, -0.2) is 4.48 Å². The number of hydrogen-bond acceptors (Lipinski definition) is 4. The molecule has 23 heavy (non-hydrogen) atoms. The molecule has 2 fully saturated rings. The van der Waals surface area contributed by atoms with Crippen molar-refractivity contribution in [3.63, 3.8) is 0 Å². The summed E-state index contributed by atoms with van der Waals surface area (Å²) < 4.78 is 6.48. The number of nitrogens with one attached hydrogen (secondary N) is 1. The summed E-state index contributed by atoms with van der Waals surface area (Å²) in [6.07, 6.45) is 3.22. The van der Waals surface area contributed by atoms with E-state index < -0.39 is 5.97 Å². The molecule has 5 heteroatoms. The summed E-state index contributed by atoms with van der Waals surface area (Å²) in [7, 11) is 0. The van der Waals surface area contributed by atoms with Crippen LogP contribution in [0, 0.1) is 5.92 Å². The van der Waals surface area contributed by atoms with E-state index in [2.05, 4.69) is 11.4 Å². The Hall–Kier alpha value is -1.85. The van der Waals surface area contributed by atoms with E-state index >= 15 is 0 Å². The molecule has 0 aliphatic carbocycles. The number of nitrogens with zero attached hydrogens (tertiary/aromatic N) is 1. The lowest BCUT2D eigenvalue weighted by atomic mass is 9.95. The highest BCUT2D eigenvalue weighted by atomic mass is 16.5. The SMILES string of the molecule is O=C([O-])C1=C2OCCC[N+]2(CC2CCNCC2)c2ccccc21. The molecule has 3 aliphatic heterocycles. The molecule has 3 heterocycles. The van der Waals surface area contributed by atoms with Crippen LogP contribution in [0.3, 0.4) is 0 Å². The second kappa shape index (κ2) is 5.65. The van der Waals surface area contributed by atoms with Crippen LogP contribution in [-0.2, 0) is 9.53 Å². The summed E-state index contributed by atoms with van der Waals surface area (Å²) in [4.78, 5) is 11.8. The summed E-state index contributed by atoms with van der Waals surface area (Å²) in [5.74, 6) is 0.0674. The summed E-state index contributed by atoms with van der Waals surface area (Å²) in [6, 6.07) is 7.83. The van der Waals surface area contributed by atoms with Gasteiger partial charge in [0.1, 0.15) is 11.3 Å². The van der Waals surface area contributed by atoms with Gasteiger partial charge in [0, 0.05) is 18.4 Å². The van der Waals surface area contributed by atoms with Crippen LogP contribution in [0.4, 0.5) is 5.69 Å². The van der Waals surface area contributed by atoms with Gasteiger partial charge in [0.25, 0.3) is 0 Å². The minimum absolute atomic E-state index is 0.259. The summed E-state index contributed by atoms with van der Waals surface area (Å²) in [6.45, 7) is 4.50. The topological polar surface area (TPSA) is 61.4 Å². The average Bonchev–Trinajstić information content (AvgIpc) is 2.86. The second-order valence-corrected chi connectivity index (χ2v) is 6.75. The van der Waals surface area contributed by atoms with Crippen LogP contribution in [-0.4, -0.2) is 38.8 Å². The Balaban J connectivity index is 1.82. The summed E-state index contributed by atoms with van der Waals surface area (Å²) in [5.41, 5.74) is 2.10. The Bertz CT molecular complexity index is 664. The maximum absolute atomic E-state index is 11.8. The number of fused-ring (bicyclic) bond motifs is 3. The molecule has 1 atom stereocenters. The number of benzene rings is 1. The first-order valence-electron chi connectivity index (χ1n) is 8.49. The maximum atomic E-state index is 11.8. The molecule has 0 bridgehead atoms. The molecule has 2 saturated heterocycles. The van der Waals surface area contributed by atoms with Crippen molar-refractivity contribution in [3.05, 3.63) is 35.7 Å². The molecule has 122 valence electrons. The lowest BCUT2D eigenvalue weighted by Gasteiger charge is -2.41. The van der Waals surface area contributed by atoms with E-state index in [9.17, 15) is 9.90 Å². The predicted molar refractivity (Wildman–Crippen MR) is 86.1 cm³/mol. The van der Waals surface area contributed by atoms with Crippen molar-refractivity contribution in [1.82, 2.24) is 9.80 Å². The zero-order valence-electron chi connectivity index (χ0n) is 13.2. The monoisotopic (exact) mass is 314 g/mol. The Morgan fingerprint density at radius 2 is 2.09 bits per heavy atom. The summed E-state index contributed by atoms with van der Waals surface area (Å²) in [5, 5.41) is 15.2. The van der Waals surface area contributed by atoms with Crippen molar-refractivity contribution in [1.29, 1.82) is 0 Å². The molecule has 0 radical (unpaired) electrons. The van der Waals surface area contributed by atoms with Crippen LogP contribution in [0.1, 0.15) is 24.8 Å². The fraction of sp³-hybridized carbons (Fsp3) is 0.500. The molecule has 1 aromatic carbocycles. The Kier molecular flexibility index (Phi) is 3.62. The lowest BCUT2D eigenvalue weighted by Crippen LogP contribution is -2.55. The van der Waals surface area contributed by atoms with Crippen molar-refractivity contribution >= 4 is 17.2 Å². The first-order valence-corrected chi connectivity index (χ1v) is 8.49. The van der Waals surface area contributed by atoms with Gasteiger partial charge in [-0.15, -0.1) is 0 Å². The van der Waals surface area contributed by atoms with Crippen LogP contribution in [0.2, 0.25) is 0 Å². The number of quaternary nitrogens is 1. The summed E-state index contributed by atoms with van der Waals surface area (Å²) >= 11 is 0. The number of rotatable bonds is 3. The van der Waals surface area contributed by atoms with E-state index in [1.54, 1.807) is 0 Å². The molecule has 5 nitrogen and oxygen atoms in total. The minimum Gasteiger partial charge on any atom is -0.544 e. The number of carbonyl (C=O) groups excluding carboxylic acids is 1. The van der Waals surface area contributed by atoms with Gasteiger partial charge in [0.15, 0.2) is 0 Å². The highest BCUT2D eigenvalue weighted by Crippen LogP contribution is 2.48. The van der Waals surface area contributed by atoms with Crippen molar-refractivity contribution < 1.29 is 14.6 Å². The highest BCUT2D eigenvalue weighted by Gasteiger charge is 2.50. The van der Waals surface area contributed by atoms with Crippen LogP contribution >= 0.6 is 0 Å². The van der Waals surface area contributed by atoms with Crippen molar-refractivity contribution in [2.45, 2.75) is 19.3 Å². The highest BCUT2D eigenvalue weighted by molar-refractivity contribution is 6.18. The standard InChI is InChI=1S/C18H22N2O3/c21-18(22)16-14-4-1-2-5-15(14)20(10-3-11-23-17(16)20)12-13-6-8-19-9-7-13/h1-2,4-5,13,19H,3,6-12H2. The van der Waals surface area contributed by atoms with E-state index in [1.807, 2.05) is 18.2 Å². The van der Waals surface area contributed by atoms with E-state index in [0.717, 1.165) is 56.7 Å². The van der Waals surface area contributed by atoms with Crippen molar-refractivity contribution in [3.8, 4) is 0 Å².